The minimum absolute atomic E-state index is 0.404. The predicted molar refractivity (Wildman–Crippen MR) is 90.3 cm³/mol. The van der Waals surface area contributed by atoms with Gasteiger partial charge in [-0.3, -0.25) is 5.43 Å². The van der Waals surface area contributed by atoms with Crippen molar-refractivity contribution in [2.24, 2.45) is 10.8 Å². The minimum atomic E-state index is 0.404. The van der Waals surface area contributed by atoms with Gasteiger partial charge in [-0.2, -0.15) is 0 Å². The summed E-state index contributed by atoms with van der Waals surface area (Å²) >= 11 is 0. The Bertz CT molecular complexity index is 433. The average molecular weight is 288 g/mol. The Labute approximate surface area is 128 Å². The fourth-order valence-electron chi connectivity index (χ4n) is 2.77. The molecule has 0 atom stereocenters. The van der Waals surface area contributed by atoms with Crippen LogP contribution in [-0.2, 0) is 6.42 Å². The Morgan fingerprint density at radius 1 is 1.19 bits per heavy atom. The monoisotopic (exact) mass is 288 g/mol. The number of nitrogens with one attached hydrogen (secondary N) is 2. The van der Waals surface area contributed by atoms with Crippen molar-refractivity contribution in [2.45, 2.75) is 64.3 Å². The number of benzene rings is 1. The molecule has 0 bridgehead atoms. The van der Waals surface area contributed by atoms with Gasteiger partial charge < -0.3 is 5.32 Å². The van der Waals surface area contributed by atoms with Crippen molar-refractivity contribution >= 4 is 11.6 Å². The van der Waals surface area contributed by atoms with Gasteiger partial charge >= 0.3 is 0 Å². The molecule has 0 amide bonds. The van der Waals surface area contributed by atoms with E-state index >= 15 is 0 Å². The zero-order chi connectivity index (χ0) is 14.9. The van der Waals surface area contributed by atoms with Gasteiger partial charge in [-0.1, -0.05) is 44.7 Å². The minimum Gasteiger partial charge on any atom is -0.325 e. The number of hydrogen-bond donors (Lipinski definition) is 3. The zero-order valence-corrected chi connectivity index (χ0v) is 13.1. The van der Waals surface area contributed by atoms with Crippen molar-refractivity contribution in [1.29, 1.82) is 0 Å². The quantitative estimate of drug-likeness (QED) is 0.336. The number of unbranched alkanes of at least 4 members (excludes halogenated alkanes) is 1. The summed E-state index contributed by atoms with van der Waals surface area (Å²) in [6.45, 7) is 2.22. The third-order valence-electron chi connectivity index (χ3n) is 4.06. The number of aliphatic imine (C=N–C) groups is 1. The van der Waals surface area contributed by atoms with E-state index in [1.54, 1.807) is 0 Å². The standard InChI is InChI=1S/C17H28N4/c1-2-3-7-14-10-12-16(13-11-14)20-17(21-18)19-15-8-5-4-6-9-15/h10-13,15H,2-9,18H2,1H3,(H2,19,20,21). The van der Waals surface area contributed by atoms with Crippen LogP contribution >= 0.6 is 0 Å². The largest absolute Gasteiger partial charge is 0.325 e. The Hall–Kier alpha value is -1.55. The molecule has 4 heteroatoms. The second-order valence-corrected chi connectivity index (χ2v) is 5.84. The summed E-state index contributed by atoms with van der Waals surface area (Å²) in [6, 6.07) is 8.94. The Morgan fingerprint density at radius 2 is 1.90 bits per heavy atom. The van der Waals surface area contributed by atoms with E-state index < -0.39 is 0 Å². The number of hydrogen-bond acceptors (Lipinski definition) is 2. The number of hydrazine groups is 1. The van der Waals surface area contributed by atoms with E-state index in [-0.39, 0.29) is 0 Å². The molecule has 4 N–H and O–H groups in total. The lowest BCUT2D eigenvalue weighted by Crippen LogP contribution is -2.37. The van der Waals surface area contributed by atoms with Crippen molar-refractivity contribution in [3.63, 3.8) is 0 Å². The van der Waals surface area contributed by atoms with Crippen LogP contribution in [0.5, 0.6) is 0 Å². The highest BCUT2D eigenvalue weighted by Gasteiger charge is 2.13. The van der Waals surface area contributed by atoms with Crippen LogP contribution in [0.3, 0.4) is 0 Å². The third-order valence-corrected chi connectivity index (χ3v) is 4.06. The van der Waals surface area contributed by atoms with Crippen molar-refractivity contribution < 1.29 is 0 Å². The number of nitrogens with zero attached hydrogens (tertiary/aromatic N) is 1. The number of nitrogens with two attached hydrogens (primary N) is 1. The van der Waals surface area contributed by atoms with Gasteiger partial charge in [0.2, 0.25) is 5.96 Å². The van der Waals surface area contributed by atoms with Crippen LogP contribution in [-0.4, -0.2) is 12.0 Å². The van der Waals surface area contributed by atoms with E-state index in [9.17, 15) is 0 Å². The van der Waals surface area contributed by atoms with Crippen LogP contribution < -0.4 is 16.6 Å². The molecule has 1 aromatic rings. The molecule has 0 aliphatic heterocycles. The molecule has 0 radical (unpaired) electrons. The molecule has 2 rings (SSSR count). The molecular formula is C17H28N4. The van der Waals surface area contributed by atoms with Crippen molar-refractivity contribution in [2.75, 3.05) is 5.32 Å². The lowest BCUT2D eigenvalue weighted by atomic mass is 9.96. The molecular weight excluding hydrogens is 260 g/mol. The van der Waals surface area contributed by atoms with Crippen LogP contribution in [0.4, 0.5) is 5.69 Å². The van der Waals surface area contributed by atoms with E-state index in [4.69, 9.17) is 10.8 Å². The summed E-state index contributed by atoms with van der Waals surface area (Å²) in [7, 11) is 0. The third kappa shape index (κ3) is 5.38. The Balaban J connectivity index is 1.92. The molecule has 21 heavy (non-hydrogen) atoms. The molecule has 0 unspecified atom stereocenters. The van der Waals surface area contributed by atoms with Crippen molar-refractivity contribution in [3.8, 4) is 0 Å². The second kappa shape index (κ2) is 8.67. The molecule has 0 aromatic heterocycles. The van der Waals surface area contributed by atoms with Gasteiger partial charge in [0.05, 0.1) is 6.04 Å². The molecule has 0 saturated heterocycles. The van der Waals surface area contributed by atoms with Crippen LogP contribution in [0.2, 0.25) is 0 Å². The molecule has 116 valence electrons. The van der Waals surface area contributed by atoms with Crippen molar-refractivity contribution in [3.05, 3.63) is 29.8 Å². The van der Waals surface area contributed by atoms with Gasteiger partial charge in [0.15, 0.2) is 0 Å². The normalized spacial score (nSPS) is 16.8. The Morgan fingerprint density at radius 3 is 2.52 bits per heavy atom. The first kappa shape index (κ1) is 15.8. The van der Waals surface area contributed by atoms with Crippen LogP contribution in [0.15, 0.2) is 29.3 Å². The van der Waals surface area contributed by atoms with Crippen molar-refractivity contribution in [1.82, 2.24) is 5.43 Å². The van der Waals surface area contributed by atoms with Gasteiger partial charge in [0.25, 0.3) is 0 Å². The lowest BCUT2D eigenvalue weighted by Gasteiger charge is -2.19. The van der Waals surface area contributed by atoms with Gasteiger partial charge in [0.1, 0.15) is 0 Å². The maximum absolute atomic E-state index is 5.59. The van der Waals surface area contributed by atoms with Crippen LogP contribution in [0.1, 0.15) is 57.4 Å². The highest BCUT2D eigenvalue weighted by molar-refractivity contribution is 5.93. The number of anilines is 1. The average Bonchev–Trinajstić information content (AvgIpc) is 2.54. The molecule has 0 spiro atoms. The number of rotatable bonds is 5. The highest BCUT2D eigenvalue weighted by atomic mass is 15.3. The molecule has 1 saturated carbocycles. The maximum Gasteiger partial charge on any atom is 0.210 e. The molecule has 1 aliphatic carbocycles. The predicted octanol–water partition coefficient (Wildman–Crippen LogP) is 3.59. The molecule has 1 fully saturated rings. The summed E-state index contributed by atoms with van der Waals surface area (Å²) < 4.78 is 0. The topological polar surface area (TPSA) is 62.4 Å². The van der Waals surface area contributed by atoms with Gasteiger partial charge in [-0.15, -0.1) is 0 Å². The van der Waals surface area contributed by atoms with E-state index in [1.807, 2.05) is 0 Å². The molecule has 1 aromatic carbocycles. The van der Waals surface area contributed by atoms with Crippen LogP contribution in [0, 0.1) is 0 Å². The van der Waals surface area contributed by atoms with E-state index in [0.29, 0.717) is 12.0 Å². The zero-order valence-electron chi connectivity index (χ0n) is 13.1. The first-order chi connectivity index (χ1) is 10.3. The number of guanidine groups is 1. The van der Waals surface area contributed by atoms with E-state index in [0.717, 1.165) is 12.1 Å². The SMILES string of the molecule is CCCCc1ccc(NC(=NC2CCCCC2)NN)cc1. The summed E-state index contributed by atoms with van der Waals surface area (Å²) in [4.78, 5) is 4.69. The summed E-state index contributed by atoms with van der Waals surface area (Å²) in [5.74, 6) is 6.26. The molecule has 0 heterocycles. The molecule has 1 aliphatic rings. The highest BCUT2D eigenvalue weighted by Crippen LogP contribution is 2.20. The fourth-order valence-corrected chi connectivity index (χ4v) is 2.77. The fraction of sp³-hybridized carbons (Fsp3) is 0.588. The van der Waals surface area contributed by atoms with Crippen LogP contribution in [0.25, 0.3) is 0 Å². The Kier molecular flexibility index (Phi) is 6.54. The van der Waals surface area contributed by atoms with E-state index in [2.05, 4.69) is 41.9 Å². The van der Waals surface area contributed by atoms with Gasteiger partial charge in [-0.25, -0.2) is 10.8 Å². The lowest BCUT2D eigenvalue weighted by molar-refractivity contribution is 0.442. The number of aryl methyl sites for hydroxylation is 1. The van der Waals surface area contributed by atoms with Gasteiger partial charge in [-0.05, 0) is 43.4 Å². The maximum atomic E-state index is 5.59. The molecule has 4 nitrogen and oxygen atoms in total. The summed E-state index contributed by atoms with van der Waals surface area (Å²) in [5.41, 5.74) is 5.10. The summed E-state index contributed by atoms with van der Waals surface area (Å²) in [6.07, 6.45) is 9.85. The first-order valence-corrected chi connectivity index (χ1v) is 8.22. The second-order valence-electron chi connectivity index (χ2n) is 5.84. The first-order valence-electron chi connectivity index (χ1n) is 8.22. The summed E-state index contributed by atoms with van der Waals surface area (Å²) in [5, 5.41) is 3.27. The van der Waals surface area contributed by atoms with E-state index in [1.165, 1.54) is 50.5 Å². The smallest absolute Gasteiger partial charge is 0.210 e. The van der Waals surface area contributed by atoms with Gasteiger partial charge in [0, 0.05) is 5.69 Å².